The normalized spacial score (nSPS) is 10.9. The molecule has 0 saturated heterocycles. The number of fused-ring (bicyclic) bond motifs is 1. The van der Waals surface area contributed by atoms with E-state index in [1.165, 1.54) is 5.56 Å². The molecule has 1 aromatic heterocycles. The Hall–Kier alpha value is -2.15. The molecule has 0 aliphatic rings. The second-order valence-corrected chi connectivity index (χ2v) is 9.52. The van der Waals surface area contributed by atoms with E-state index in [2.05, 4.69) is 45.5 Å². The quantitative estimate of drug-likeness (QED) is 0.323. The van der Waals surface area contributed by atoms with Crippen LogP contribution in [-0.4, -0.2) is 10.9 Å². The fourth-order valence-corrected chi connectivity index (χ4v) is 5.12. The summed E-state index contributed by atoms with van der Waals surface area (Å²) < 4.78 is 3.18. The first kappa shape index (κ1) is 19.2. The minimum absolute atomic E-state index is 0.0909. The number of carbonyl (C=O) groups is 1. The summed E-state index contributed by atoms with van der Waals surface area (Å²) in [6.07, 6.45) is 0. The van der Waals surface area contributed by atoms with Crippen LogP contribution in [0.25, 0.3) is 10.2 Å². The molecule has 140 valence electrons. The van der Waals surface area contributed by atoms with Crippen LogP contribution >= 0.6 is 39.0 Å². The van der Waals surface area contributed by atoms with Crippen LogP contribution in [-0.2, 0) is 5.75 Å². The number of hydrogen-bond donors (Lipinski definition) is 1. The van der Waals surface area contributed by atoms with Gasteiger partial charge in [0, 0.05) is 21.5 Å². The zero-order valence-electron chi connectivity index (χ0n) is 15.1. The van der Waals surface area contributed by atoms with Crippen molar-refractivity contribution in [3.8, 4) is 0 Å². The van der Waals surface area contributed by atoms with Crippen molar-refractivity contribution in [3.05, 3.63) is 87.9 Å². The zero-order valence-corrected chi connectivity index (χ0v) is 18.3. The van der Waals surface area contributed by atoms with Gasteiger partial charge in [0.1, 0.15) is 0 Å². The average molecular weight is 469 g/mol. The second kappa shape index (κ2) is 8.47. The summed E-state index contributed by atoms with van der Waals surface area (Å²) in [5, 5.41) is 2.99. The molecule has 0 fully saturated rings. The molecule has 0 bridgehead atoms. The molecule has 0 spiro atoms. The SMILES string of the molecule is Cc1ccccc1C(=O)Nc1ccc2nc(SCc3ccc(Br)cc3)sc2c1. The molecule has 1 amide bonds. The highest BCUT2D eigenvalue weighted by molar-refractivity contribution is 9.10. The second-order valence-electron chi connectivity index (χ2n) is 6.35. The van der Waals surface area contributed by atoms with Gasteiger partial charge in [0.05, 0.1) is 10.2 Å². The lowest BCUT2D eigenvalue weighted by Crippen LogP contribution is -2.13. The molecule has 1 heterocycles. The number of aryl methyl sites for hydroxylation is 1. The maximum Gasteiger partial charge on any atom is 0.255 e. The zero-order chi connectivity index (χ0) is 19.5. The summed E-state index contributed by atoms with van der Waals surface area (Å²) in [5.41, 5.74) is 4.66. The predicted molar refractivity (Wildman–Crippen MR) is 122 cm³/mol. The van der Waals surface area contributed by atoms with Crippen molar-refractivity contribution in [3.63, 3.8) is 0 Å². The standard InChI is InChI=1S/C22H17BrN2OS2/c1-14-4-2-3-5-18(14)21(26)24-17-10-11-19-20(12-17)28-22(25-19)27-13-15-6-8-16(23)9-7-15/h2-12H,13H2,1H3,(H,24,26). The maximum absolute atomic E-state index is 12.5. The van der Waals surface area contributed by atoms with E-state index in [-0.39, 0.29) is 5.91 Å². The van der Waals surface area contributed by atoms with Crippen LogP contribution in [0.5, 0.6) is 0 Å². The van der Waals surface area contributed by atoms with Gasteiger partial charge in [-0.1, -0.05) is 58.0 Å². The van der Waals surface area contributed by atoms with Gasteiger partial charge in [-0.3, -0.25) is 4.79 Å². The van der Waals surface area contributed by atoms with E-state index >= 15 is 0 Å². The number of thioether (sulfide) groups is 1. The molecule has 0 saturated carbocycles. The Morgan fingerprint density at radius 1 is 1.11 bits per heavy atom. The number of halogens is 1. The van der Waals surface area contributed by atoms with E-state index in [9.17, 15) is 4.79 Å². The summed E-state index contributed by atoms with van der Waals surface area (Å²) >= 11 is 6.84. The molecule has 4 aromatic rings. The summed E-state index contributed by atoms with van der Waals surface area (Å²) in [6.45, 7) is 1.94. The number of thiazole rings is 1. The van der Waals surface area contributed by atoms with Crippen LogP contribution in [0.2, 0.25) is 0 Å². The smallest absolute Gasteiger partial charge is 0.255 e. The minimum Gasteiger partial charge on any atom is -0.322 e. The van der Waals surface area contributed by atoms with Crippen molar-refractivity contribution >= 4 is 60.8 Å². The number of nitrogens with one attached hydrogen (secondary N) is 1. The predicted octanol–water partition coefficient (Wildman–Crippen LogP) is 6.91. The molecule has 4 rings (SSSR count). The fraction of sp³-hybridized carbons (Fsp3) is 0.0909. The summed E-state index contributed by atoms with van der Waals surface area (Å²) in [5.74, 6) is 0.788. The van der Waals surface area contributed by atoms with Crippen LogP contribution in [0, 0.1) is 6.92 Å². The number of amides is 1. The molecular weight excluding hydrogens is 452 g/mol. The molecular formula is C22H17BrN2OS2. The molecule has 28 heavy (non-hydrogen) atoms. The Morgan fingerprint density at radius 2 is 1.89 bits per heavy atom. The van der Waals surface area contributed by atoms with E-state index in [0.717, 1.165) is 36.0 Å². The Morgan fingerprint density at radius 3 is 2.68 bits per heavy atom. The third kappa shape index (κ3) is 4.46. The van der Waals surface area contributed by atoms with Crippen LogP contribution in [0.3, 0.4) is 0 Å². The van der Waals surface area contributed by atoms with E-state index in [1.807, 2.05) is 49.4 Å². The van der Waals surface area contributed by atoms with Crippen LogP contribution < -0.4 is 5.32 Å². The van der Waals surface area contributed by atoms with Crippen molar-refractivity contribution in [1.29, 1.82) is 0 Å². The van der Waals surface area contributed by atoms with Crippen molar-refractivity contribution in [2.45, 2.75) is 17.0 Å². The topological polar surface area (TPSA) is 42.0 Å². The molecule has 6 heteroatoms. The highest BCUT2D eigenvalue weighted by atomic mass is 79.9. The van der Waals surface area contributed by atoms with E-state index in [4.69, 9.17) is 4.98 Å². The first-order chi connectivity index (χ1) is 13.6. The van der Waals surface area contributed by atoms with Crippen molar-refractivity contribution in [2.75, 3.05) is 5.32 Å². The molecule has 0 aliphatic heterocycles. The molecule has 0 radical (unpaired) electrons. The number of aromatic nitrogens is 1. The number of nitrogens with zero attached hydrogens (tertiary/aromatic N) is 1. The largest absolute Gasteiger partial charge is 0.322 e. The van der Waals surface area contributed by atoms with E-state index < -0.39 is 0 Å². The number of rotatable bonds is 5. The van der Waals surface area contributed by atoms with Gasteiger partial charge < -0.3 is 5.32 Å². The Labute approximate surface area is 180 Å². The summed E-state index contributed by atoms with van der Waals surface area (Å²) in [6, 6.07) is 21.8. The Kier molecular flexibility index (Phi) is 5.80. The molecule has 3 aromatic carbocycles. The van der Waals surface area contributed by atoms with Crippen molar-refractivity contribution in [2.24, 2.45) is 0 Å². The van der Waals surface area contributed by atoms with Crippen LogP contribution in [0.15, 0.2) is 75.5 Å². The van der Waals surface area contributed by atoms with Gasteiger partial charge in [-0.25, -0.2) is 4.98 Å². The van der Waals surface area contributed by atoms with Gasteiger partial charge in [-0.15, -0.1) is 11.3 Å². The monoisotopic (exact) mass is 468 g/mol. The number of carbonyl (C=O) groups excluding carboxylic acids is 1. The van der Waals surface area contributed by atoms with Gasteiger partial charge >= 0.3 is 0 Å². The average Bonchev–Trinajstić information content (AvgIpc) is 3.10. The first-order valence-corrected chi connectivity index (χ1v) is 11.3. The Balaban J connectivity index is 1.47. The molecule has 1 N–H and O–H groups in total. The van der Waals surface area contributed by atoms with E-state index in [1.54, 1.807) is 23.1 Å². The molecule has 3 nitrogen and oxygen atoms in total. The lowest BCUT2D eigenvalue weighted by Gasteiger charge is -2.07. The van der Waals surface area contributed by atoms with Crippen LogP contribution in [0.1, 0.15) is 21.5 Å². The minimum atomic E-state index is -0.0909. The Bertz CT molecular complexity index is 1140. The van der Waals surface area contributed by atoms with Gasteiger partial charge in [0.2, 0.25) is 0 Å². The van der Waals surface area contributed by atoms with Crippen molar-refractivity contribution in [1.82, 2.24) is 4.98 Å². The number of hydrogen-bond acceptors (Lipinski definition) is 4. The molecule has 0 aliphatic carbocycles. The maximum atomic E-state index is 12.5. The van der Waals surface area contributed by atoms with Gasteiger partial charge in [-0.2, -0.15) is 0 Å². The highest BCUT2D eigenvalue weighted by Crippen LogP contribution is 2.33. The fourth-order valence-electron chi connectivity index (χ4n) is 2.79. The van der Waals surface area contributed by atoms with E-state index in [0.29, 0.717) is 5.56 Å². The summed E-state index contributed by atoms with van der Waals surface area (Å²) in [4.78, 5) is 17.2. The third-order valence-corrected chi connectivity index (χ3v) is 7.05. The third-order valence-electron chi connectivity index (χ3n) is 4.29. The van der Waals surface area contributed by atoms with Gasteiger partial charge in [0.15, 0.2) is 4.34 Å². The van der Waals surface area contributed by atoms with Crippen molar-refractivity contribution < 1.29 is 4.79 Å². The van der Waals surface area contributed by atoms with Crippen LogP contribution in [0.4, 0.5) is 5.69 Å². The lowest BCUT2D eigenvalue weighted by atomic mass is 10.1. The van der Waals surface area contributed by atoms with Gasteiger partial charge in [0.25, 0.3) is 5.91 Å². The number of anilines is 1. The number of benzene rings is 3. The highest BCUT2D eigenvalue weighted by Gasteiger charge is 2.10. The summed E-state index contributed by atoms with van der Waals surface area (Å²) in [7, 11) is 0. The lowest BCUT2D eigenvalue weighted by molar-refractivity contribution is 0.102. The first-order valence-electron chi connectivity index (χ1n) is 8.73. The molecule has 0 unspecified atom stereocenters. The van der Waals surface area contributed by atoms with Gasteiger partial charge in [-0.05, 0) is 54.4 Å². The molecule has 0 atom stereocenters.